The number of carbonyl (C=O) groups is 2. The fourth-order valence-electron chi connectivity index (χ4n) is 3.41. The maximum Gasteiger partial charge on any atom is 0.242 e. The summed E-state index contributed by atoms with van der Waals surface area (Å²) in [5, 5.41) is 6.01. The van der Waals surface area contributed by atoms with E-state index in [4.69, 9.17) is 0 Å². The number of carbonyl (C=O) groups excluding carboxylic acids is 2. The molecular formula is C21H32N2O2S. The molecule has 1 aliphatic rings. The van der Waals surface area contributed by atoms with Gasteiger partial charge in [0.25, 0.3) is 0 Å². The summed E-state index contributed by atoms with van der Waals surface area (Å²) in [6.07, 6.45) is 7.60. The number of hydrogen-bond donors (Lipinski definition) is 2. The molecule has 0 heterocycles. The first kappa shape index (κ1) is 20.8. The molecule has 26 heavy (non-hydrogen) atoms. The molecule has 1 aromatic carbocycles. The van der Waals surface area contributed by atoms with E-state index < -0.39 is 6.04 Å². The van der Waals surface area contributed by atoms with Crippen LogP contribution < -0.4 is 10.6 Å². The number of rotatable bonds is 9. The van der Waals surface area contributed by atoms with Crippen LogP contribution in [0.25, 0.3) is 0 Å². The Bertz CT molecular complexity index is 556. The van der Waals surface area contributed by atoms with E-state index in [9.17, 15) is 9.59 Å². The molecule has 4 nitrogen and oxygen atoms in total. The maximum atomic E-state index is 12.6. The highest BCUT2D eigenvalue weighted by Gasteiger charge is 2.28. The van der Waals surface area contributed by atoms with E-state index in [2.05, 4.69) is 29.7 Å². The summed E-state index contributed by atoms with van der Waals surface area (Å²) in [7, 11) is 0. The molecule has 1 saturated carbocycles. The van der Waals surface area contributed by atoms with Crippen LogP contribution in [0.1, 0.15) is 44.6 Å². The molecule has 0 aliphatic heterocycles. The average molecular weight is 377 g/mol. The minimum atomic E-state index is -0.426. The van der Waals surface area contributed by atoms with Crippen molar-refractivity contribution in [1.82, 2.24) is 10.6 Å². The average Bonchev–Trinajstić information content (AvgIpc) is 2.66. The van der Waals surface area contributed by atoms with Crippen LogP contribution in [0.5, 0.6) is 0 Å². The normalized spacial score (nSPS) is 21.0. The third kappa shape index (κ3) is 7.02. The van der Waals surface area contributed by atoms with Gasteiger partial charge in [-0.2, -0.15) is 11.8 Å². The summed E-state index contributed by atoms with van der Waals surface area (Å²) in [5.41, 5.74) is 1.20. The van der Waals surface area contributed by atoms with Crippen LogP contribution in [0.4, 0.5) is 0 Å². The predicted octanol–water partition coefficient (Wildman–Crippen LogP) is 3.41. The van der Waals surface area contributed by atoms with Gasteiger partial charge >= 0.3 is 0 Å². The molecule has 1 aromatic rings. The van der Waals surface area contributed by atoms with E-state index in [-0.39, 0.29) is 17.7 Å². The van der Waals surface area contributed by atoms with Crippen molar-refractivity contribution in [2.24, 2.45) is 11.8 Å². The van der Waals surface area contributed by atoms with Gasteiger partial charge in [-0.1, -0.05) is 37.3 Å². The Morgan fingerprint density at radius 2 is 1.85 bits per heavy atom. The van der Waals surface area contributed by atoms with Gasteiger partial charge in [-0.3, -0.25) is 9.59 Å². The van der Waals surface area contributed by atoms with Crippen LogP contribution in [0.2, 0.25) is 0 Å². The Kier molecular flexibility index (Phi) is 9.02. The van der Waals surface area contributed by atoms with Crippen LogP contribution in [-0.4, -0.2) is 36.4 Å². The first-order chi connectivity index (χ1) is 12.6. The minimum Gasteiger partial charge on any atom is -0.354 e. The van der Waals surface area contributed by atoms with Crippen molar-refractivity contribution in [2.45, 2.75) is 51.5 Å². The van der Waals surface area contributed by atoms with Crippen LogP contribution in [0.15, 0.2) is 30.3 Å². The highest BCUT2D eigenvalue weighted by molar-refractivity contribution is 7.98. The standard InChI is InChI=1S/C21H32N2O2S/c1-16-8-10-18(11-9-16)20(24)23-19(13-15-26-2)21(25)22-14-12-17-6-4-3-5-7-17/h3-7,16,18-19H,8-15H2,1-2H3,(H,22,25)(H,23,24)/t16?,18?,19-/m0/s1. The number of benzene rings is 1. The molecule has 0 aromatic heterocycles. The van der Waals surface area contributed by atoms with Crippen molar-refractivity contribution in [3.63, 3.8) is 0 Å². The molecule has 2 rings (SSSR count). The first-order valence-corrected chi connectivity index (χ1v) is 11.1. The molecule has 1 atom stereocenters. The fraction of sp³-hybridized carbons (Fsp3) is 0.619. The van der Waals surface area contributed by atoms with Gasteiger partial charge in [0.1, 0.15) is 6.04 Å². The van der Waals surface area contributed by atoms with Gasteiger partial charge in [-0.05, 0) is 62.0 Å². The number of nitrogens with one attached hydrogen (secondary N) is 2. The lowest BCUT2D eigenvalue weighted by atomic mass is 9.82. The topological polar surface area (TPSA) is 58.2 Å². The van der Waals surface area contributed by atoms with Crippen LogP contribution in [0.3, 0.4) is 0 Å². The smallest absolute Gasteiger partial charge is 0.242 e. The Morgan fingerprint density at radius 1 is 1.15 bits per heavy atom. The molecule has 144 valence electrons. The fourth-order valence-corrected chi connectivity index (χ4v) is 3.89. The molecule has 0 unspecified atom stereocenters. The zero-order valence-electron chi connectivity index (χ0n) is 16.0. The quantitative estimate of drug-likeness (QED) is 0.694. The van der Waals surface area contributed by atoms with E-state index in [1.807, 2.05) is 24.5 Å². The lowest BCUT2D eigenvalue weighted by Crippen LogP contribution is -2.49. The Morgan fingerprint density at radius 3 is 2.50 bits per heavy atom. The van der Waals surface area contributed by atoms with Gasteiger partial charge < -0.3 is 10.6 Å². The van der Waals surface area contributed by atoms with Gasteiger partial charge in [-0.25, -0.2) is 0 Å². The largest absolute Gasteiger partial charge is 0.354 e. The monoisotopic (exact) mass is 376 g/mol. The van der Waals surface area contributed by atoms with Crippen LogP contribution in [0, 0.1) is 11.8 Å². The second-order valence-electron chi connectivity index (χ2n) is 7.33. The summed E-state index contributed by atoms with van der Waals surface area (Å²) in [5.74, 6) is 1.64. The highest BCUT2D eigenvalue weighted by Crippen LogP contribution is 2.28. The zero-order valence-corrected chi connectivity index (χ0v) is 16.8. The van der Waals surface area contributed by atoms with Crippen molar-refractivity contribution in [1.29, 1.82) is 0 Å². The molecule has 0 bridgehead atoms. The van der Waals surface area contributed by atoms with Crippen molar-refractivity contribution in [3.8, 4) is 0 Å². The summed E-state index contributed by atoms with van der Waals surface area (Å²) >= 11 is 1.70. The van der Waals surface area contributed by atoms with Gasteiger partial charge in [0.15, 0.2) is 0 Å². The second-order valence-corrected chi connectivity index (χ2v) is 8.31. The highest BCUT2D eigenvalue weighted by atomic mass is 32.2. The first-order valence-electron chi connectivity index (χ1n) is 9.71. The van der Waals surface area contributed by atoms with E-state index in [1.165, 1.54) is 5.56 Å². The lowest BCUT2D eigenvalue weighted by Gasteiger charge is -2.27. The SMILES string of the molecule is CSCC[C@H](NC(=O)C1CCC(C)CC1)C(=O)NCCc1ccccc1. The number of thioether (sulfide) groups is 1. The number of amides is 2. The Balaban J connectivity index is 1.82. The summed E-state index contributed by atoms with van der Waals surface area (Å²) < 4.78 is 0. The van der Waals surface area contributed by atoms with Gasteiger partial charge in [0.05, 0.1) is 0 Å². The molecule has 0 saturated heterocycles. The third-order valence-corrected chi connectivity index (χ3v) is 5.83. The molecule has 1 fully saturated rings. The van der Waals surface area contributed by atoms with Gasteiger partial charge in [0, 0.05) is 12.5 Å². The van der Waals surface area contributed by atoms with Crippen molar-refractivity contribution in [3.05, 3.63) is 35.9 Å². The van der Waals surface area contributed by atoms with E-state index >= 15 is 0 Å². The maximum absolute atomic E-state index is 12.6. The van der Waals surface area contributed by atoms with Gasteiger partial charge in [-0.15, -0.1) is 0 Å². The lowest BCUT2D eigenvalue weighted by molar-refractivity contribution is -0.132. The van der Waals surface area contributed by atoms with E-state index in [0.29, 0.717) is 18.9 Å². The summed E-state index contributed by atoms with van der Waals surface area (Å²) in [6.45, 7) is 2.84. The molecule has 5 heteroatoms. The van der Waals surface area contributed by atoms with E-state index in [0.717, 1.165) is 37.9 Å². The number of hydrogen-bond acceptors (Lipinski definition) is 3. The molecule has 2 amide bonds. The molecule has 1 aliphatic carbocycles. The van der Waals surface area contributed by atoms with Crippen LogP contribution >= 0.6 is 11.8 Å². The van der Waals surface area contributed by atoms with Gasteiger partial charge in [0.2, 0.25) is 11.8 Å². The molecule has 2 N–H and O–H groups in total. The molecule has 0 radical (unpaired) electrons. The zero-order chi connectivity index (χ0) is 18.8. The predicted molar refractivity (Wildman–Crippen MR) is 109 cm³/mol. The Hall–Kier alpha value is -1.49. The second kappa shape index (κ2) is 11.3. The van der Waals surface area contributed by atoms with Crippen molar-refractivity contribution >= 4 is 23.6 Å². The Labute approximate surface area is 161 Å². The molecular weight excluding hydrogens is 344 g/mol. The van der Waals surface area contributed by atoms with E-state index in [1.54, 1.807) is 11.8 Å². The van der Waals surface area contributed by atoms with Crippen molar-refractivity contribution < 1.29 is 9.59 Å². The minimum absolute atomic E-state index is 0.0567. The summed E-state index contributed by atoms with van der Waals surface area (Å²) in [6, 6.07) is 9.69. The summed E-state index contributed by atoms with van der Waals surface area (Å²) in [4.78, 5) is 25.2. The molecule has 0 spiro atoms. The third-order valence-electron chi connectivity index (χ3n) is 5.19. The van der Waals surface area contributed by atoms with Crippen molar-refractivity contribution in [2.75, 3.05) is 18.6 Å². The van der Waals surface area contributed by atoms with Crippen LogP contribution in [-0.2, 0) is 16.0 Å².